The average molecular weight is 364 g/mol. The molecule has 2 rings (SSSR count). The van der Waals surface area contributed by atoms with Crippen LogP contribution >= 0.6 is 34.8 Å². The van der Waals surface area contributed by atoms with Crippen molar-refractivity contribution >= 4 is 46.6 Å². The molecule has 116 valence electrons. The van der Waals surface area contributed by atoms with E-state index in [4.69, 9.17) is 39.3 Å². The third kappa shape index (κ3) is 4.09. The van der Waals surface area contributed by atoms with E-state index in [-0.39, 0.29) is 11.7 Å². The van der Waals surface area contributed by atoms with Crippen LogP contribution in [0.25, 0.3) is 11.4 Å². The molecule has 0 aliphatic heterocycles. The number of nitrogens with zero attached hydrogens (tertiary/aromatic N) is 2. The summed E-state index contributed by atoms with van der Waals surface area (Å²) in [6.45, 7) is 1.91. The Morgan fingerprint density at radius 3 is 2.59 bits per heavy atom. The Bertz CT molecular complexity index is 712. The molecule has 2 aromatic rings. The van der Waals surface area contributed by atoms with Crippen molar-refractivity contribution in [2.24, 2.45) is 0 Å². The molecule has 2 N–H and O–H groups in total. The van der Waals surface area contributed by atoms with Crippen LogP contribution in [0.5, 0.6) is 0 Å². The van der Waals surface area contributed by atoms with Crippen molar-refractivity contribution in [3.63, 3.8) is 0 Å². The maximum atomic E-state index is 11.7. The molecule has 0 fully saturated rings. The number of rotatable bonds is 2. The molecule has 1 heterocycles. The zero-order valence-electron chi connectivity index (χ0n) is 11.1. The molecule has 0 unspecified atom stereocenters. The molecule has 0 spiro atoms. The summed E-state index contributed by atoms with van der Waals surface area (Å²) in [5.41, 5.74) is 5.60. The Balaban J connectivity index is 2.05. The zero-order valence-corrected chi connectivity index (χ0v) is 13.3. The van der Waals surface area contributed by atoms with Crippen LogP contribution < -0.4 is 10.9 Å². The Kier molecular flexibility index (Phi) is 4.90. The molecule has 0 aliphatic rings. The molecule has 0 atom stereocenters. The lowest BCUT2D eigenvalue weighted by Gasteiger charge is -2.10. The fourth-order valence-electron chi connectivity index (χ4n) is 1.45. The topological polar surface area (TPSA) is 97.1 Å². The predicted molar refractivity (Wildman–Crippen MR) is 80.4 cm³/mol. The number of halogens is 3. The Morgan fingerprint density at radius 1 is 1.23 bits per heavy atom. The largest absolute Gasteiger partial charge is 0.328 e. The van der Waals surface area contributed by atoms with Crippen LogP contribution in [-0.4, -0.2) is 25.7 Å². The van der Waals surface area contributed by atoms with Gasteiger partial charge in [-0.3, -0.25) is 20.4 Å². The zero-order chi connectivity index (χ0) is 16.3. The first-order valence-corrected chi connectivity index (χ1v) is 6.99. The highest BCUT2D eigenvalue weighted by Gasteiger charge is 2.31. The van der Waals surface area contributed by atoms with Crippen LogP contribution in [0.1, 0.15) is 16.2 Å². The highest BCUT2D eigenvalue weighted by Crippen LogP contribution is 2.25. The van der Waals surface area contributed by atoms with Crippen LogP contribution in [0.3, 0.4) is 0 Å². The molecule has 0 saturated carbocycles. The third-order valence-corrected chi connectivity index (χ3v) is 2.96. The van der Waals surface area contributed by atoms with Crippen LogP contribution in [-0.2, 0) is 4.79 Å². The minimum Gasteiger partial charge on any atom is -0.328 e. The number of hydrazine groups is 1. The van der Waals surface area contributed by atoms with Crippen molar-refractivity contribution < 1.29 is 14.1 Å². The van der Waals surface area contributed by atoms with E-state index in [9.17, 15) is 9.59 Å². The monoisotopic (exact) mass is 362 g/mol. The molecule has 0 saturated heterocycles. The van der Waals surface area contributed by atoms with Gasteiger partial charge in [-0.05, 0) is 13.0 Å². The van der Waals surface area contributed by atoms with E-state index in [1.165, 1.54) is 0 Å². The molecule has 0 radical (unpaired) electrons. The number of aryl methyl sites for hydroxylation is 1. The Labute approximate surface area is 139 Å². The summed E-state index contributed by atoms with van der Waals surface area (Å²) >= 11 is 16.0. The molecule has 0 aliphatic carbocycles. The van der Waals surface area contributed by atoms with Crippen molar-refractivity contribution in [1.82, 2.24) is 21.0 Å². The summed E-state index contributed by atoms with van der Waals surface area (Å²) in [7, 11) is 0. The average Bonchev–Trinajstić information content (AvgIpc) is 2.93. The van der Waals surface area contributed by atoms with Crippen molar-refractivity contribution in [3.05, 3.63) is 35.7 Å². The Hall–Kier alpha value is -1.83. The van der Waals surface area contributed by atoms with E-state index in [0.717, 1.165) is 5.56 Å². The number of aromatic nitrogens is 2. The molecule has 1 aromatic carbocycles. The van der Waals surface area contributed by atoms with Crippen molar-refractivity contribution in [1.29, 1.82) is 0 Å². The van der Waals surface area contributed by atoms with Gasteiger partial charge in [-0.25, -0.2) is 0 Å². The van der Waals surface area contributed by atoms with Gasteiger partial charge in [0.05, 0.1) is 0 Å². The van der Waals surface area contributed by atoms with E-state index in [2.05, 4.69) is 10.1 Å². The SMILES string of the molecule is Cc1cccc(-c2noc(C(=O)NNC(=O)C(Cl)(Cl)Cl)n2)c1. The Morgan fingerprint density at radius 2 is 1.95 bits per heavy atom. The normalized spacial score (nSPS) is 11.1. The van der Waals surface area contributed by atoms with Crippen molar-refractivity contribution in [2.75, 3.05) is 0 Å². The highest BCUT2D eigenvalue weighted by molar-refractivity contribution is 6.76. The van der Waals surface area contributed by atoms with Gasteiger partial charge in [-0.1, -0.05) is 63.7 Å². The van der Waals surface area contributed by atoms with E-state index in [1.54, 1.807) is 6.07 Å². The summed E-state index contributed by atoms with van der Waals surface area (Å²) in [6.07, 6.45) is 0. The fraction of sp³-hybridized carbons (Fsp3) is 0.167. The van der Waals surface area contributed by atoms with Gasteiger partial charge in [0.1, 0.15) is 0 Å². The molecule has 2 amide bonds. The number of carbonyl (C=O) groups excluding carboxylic acids is 2. The van der Waals surface area contributed by atoms with Crippen LogP contribution in [0.15, 0.2) is 28.8 Å². The summed E-state index contributed by atoms with van der Waals surface area (Å²) < 4.78 is 2.62. The second kappa shape index (κ2) is 6.51. The maximum Gasteiger partial charge on any atom is 0.328 e. The molecular formula is C12H9Cl3N4O3. The molecule has 7 nitrogen and oxygen atoms in total. The molecule has 10 heteroatoms. The third-order valence-electron chi connectivity index (χ3n) is 2.44. The van der Waals surface area contributed by atoms with Crippen LogP contribution in [0.4, 0.5) is 0 Å². The van der Waals surface area contributed by atoms with Gasteiger partial charge in [0.2, 0.25) is 5.82 Å². The number of carbonyl (C=O) groups is 2. The summed E-state index contributed by atoms with van der Waals surface area (Å²) in [4.78, 5) is 26.9. The van der Waals surface area contributed by atoms with Crippen LogP contribution in [0, 0.1) is 6.92 Å². The standard InChI is InChI=1S/C12H9Cl3N4O3/c1-6-3-2-4-7(5-6)8-16-10(22-19-8)9(20)17-18-11(21)12(13,14)15/h2-5H,1H3,(H,17,20)(H,18,21). The second-order valence-corrected chi connectivity index (χ2v) is 6.48. The number of amides is 2. The first-order valence-electron chi connectivity index (χ1n) is 5.85. The minimum absolute atomic E-state index is 0.238. The first kappa shape index (κ1) is 16.5. The maximum absolute atomic E-state index is 11.7. The molecular weight excluding hydrogens is 355 g/mol. The van der Waals surface area contributed by atoms with E-state index < -0.39 is 15.6 Å². The second-order valence-electron chi connectivity index (χ2n) is 4.20. The lowest BCUT2D eigenvalue weighted by molar-refractivity contribution is -0.121. The lowest BCUT2D eigenvalue weighted by atomic mass is 10.1. The first-order chi connectivity index (χ1) is 10.3. The van der Waals surface area contributed by atoms with Crippen molar-refractivity contribution in [2.45, 2.75) is 10.7 Å². The molecule has 1 aromatic heterocycles. The number of nitrogens with one attached hydrogen (secondary N) is 2. The van der Waals surface area contributed by atoms with E-state index in [1.807, 2.05) is 36.0 Å². The van der Waals surface area contributed by atoms with Gasteiger partial charge in [-0.15, -0.1) is 0 Å². The van der Waals surface area contributed by atoms with Gasteiger partial charge < -0.3 is 4.52 Å². The highest BCUT2D eigenvalue weighted by atomic mass is 35.6. The number of hydrogen-bond acceptors (Lipinski definition) is 5. The summed E-state index contributed by atoms with van der Waals surface area (Å²) in [5, 5.41) is 3.69. The number of benzene rings is 1. The minimum atomic E-state index is -2.20. The summed E-state index contributed by atoms with van der Waals surface area (Å²) in [5.74, 6) is -1.97. The van der Waals surface area contributed by atoms with Gasteiger partial charge in [0.15, 0.2) is 0 Å². The number of hydrogen-bond donors (Lipinski definition) is 2. The van der Waals surface area contributed by atoms with Gasteiger partial charge in [0.25, 0.3) is 9.70 Å². The van der Waals surface area contributed by atoms with Gasteiger partial charge >= 0.3 is 11.8 Å². The number of alkyl halides is 3. The van der Waals surface area contributed by atoms with Gasteiger partial charge in [0, 0.05) is 5.56 Å². The quantitative estimate of drug-likeness (QED) is 0.629. The van der Waals surface area contributed by atoms with E-state index >= 15 is 0 Å². The van der Waals surface area contributed by atoms with Crippen molar-refractivity contribution in [3.8, 4) is 11.4 Å². The molecule has 0 bridgehead atoms. The lowest BCUT2D eigenvalue weighted by Crippen LogP contribution is -2.46. The molecule has 22 heavy (non-hydrogen) atoms. The fourth-order valence-corrected chi connectivity index (χ4v) is 1.60. The van der Waals surface area contributed by atoms with Gasteiger partial charge in [-0.2, -0.15) is 4.98 Å². The van der Waals surface area contributed by atoms with Crippen LogP contribution in [0.2, 0.25) is 0 Å². The predicted octanol–water partition coefficient (Wildman–Crippen LogP) is 2.18. The summed E-state index contributed by atoms with van der Waals surface area (Å²) in [6, 6.07) is 7.33. The smallest absolute Gasteiger partial charge is 0.328 e. The van der Waals surface area contributed by atoms with E-state index in [0.29, 0.717) is 5.56 Å².